The quantitative estimate of drug-likeness (QED) is 0.538. The van der Waals surface area contributed by atoms with Crippen LogP contribution in [0.15, 0.2) is 23.5 Å². The molecule has 0 aromatic carbocycles. The van der Waals surface area contributed by atoms with E-state index in [4.69, 9.17) is 16.7 Å². The summed E-state index contributed by atoms with van der Waals surface area (Å²) in [6.07, 6.45) is 4.23. The minimum atomic E-state index is -0.386. The Morgan fingerprint density at radius 2 is 2.30 bits per heavy atom. The number of aliphatic hydroxyl groups excluding tert-OH is 1. The third kappa shape index (κ3) is 1.77. The number of hydrogen-bond donors (Lipinski definition) is 1. The van der Waals surface area contributed by atoms with Gasteiger partial charge in [0.25, 0.3) is 0 Å². The van der Waals surface area contributed by atoms with E-state index >= 15 is 0 Å². The van der Waals surface area contributed by atoms with Crippen LogP contribution in [-0.4, -0.2) is 9.98 Å². The average molecular weight is 159 g/mol. The third-order valence-corrected chi connectivity index (χ3v) is 1.71. The Morgan fingerprint density at radius 3 is 2.70 bits per heavy atom. The number of hydrogen-bond acceptors (Lipinski definition) is 1. The summed E-state index contributed by atoms with van der Waals surface area (Å²) in [5.41, 5.74) is 1.12. The fourth-order valence-electron chi connectivity index (χ4n) is 1.25. The van der Waals surface area contributed by atoms with Gasteiger partial charge in [-0.3, -0.25) is 0 Å². The van der Waals surface area contributed by atoms with Gasteiger partial charge in [0.05, 0.1) is 4.87 Å². The van der Waals surface area contributed by atoms with Gasteiger partial charge in [0.15, 0.2) is 0 Å². The molecule has 1 aliphatic carbocycles. The van der Waals surface area contributed by atoms with E-state index in [2.05, 4.69) is 0 Å². The number of rotatable bonds is 0. The Morgan fingerprint density at radius 1 is 1.70 bits per heavy atom. The molecule has 0 radical (unpaired) electrons. The van der Waals surface area contributed by atoms with Gasteiger partial charge in [0.1, 0.15) is 5.76 Å². The zero-order valence-electron chi connectivity index (χ0n) is 6.19. The second kappa shape index (κ2) is 2.31. The maximum absolute atomic E-state index is 9.12. The fraction of sp³-hybridized carbons (Fsp3) is 0.500. The molecule has 0 amide bonds. The Balaban J connectivity index is 2.88. The summed E-state index contributed by atoms with van der Waals surface area (Å²) in [6, 6.07) is 0. The first kappa shape index (κ1) is 7.67. The van der Waals surface area contributed by atoms with Crippen molar-refractivity contribution in [1.82, 2.24) is 0 Å². The molecule has 10 heavy (non-hydrogen) atoms. The average Bonchev–Trinajstić information content (AvgIpc) is 1.54. The van der Waals surface area contributed by atoms with E-state index in [-0.39, 0.29) is 10.6 Å². The number of halogens is 1. The lowest BCUT2D eigenvalue weighted by molar-refractivity contribution is 0.420. The van der Waals surface area contributed by atoms with Crippen molar-refractivity contribution in [3.8, 4) is 0 Å². The molecular weight excluding hydrogens is 148 g/mol. The molecule has 0 saturated heterocycles. The number of aliphatic hydroxyl groups is 1. The van der Waals surface area contributed by atoms with Gasteiger partial charge >= 0.3 is 0 Å². The molecule has 1 unspecified atom stereocenters. The Hall–Kier alpha value is -0.430. The predicted octanol–water partition coefficient (Wildman–Crippen LogP) is 2.78. The maximum Gasteiger partial charge on any atom is 0.113 e. The van der Waals surface area contributed by atoms with Crippen LogP contribution < -0.4 is 0 Å². The molecule has 1 aliphatic rings. The second-order valence-electron chi connectivity index (χ2n) is 3.01. The molecular formula is C8H11ClO. The van der Waals surface area contributed by atoms with Crippen LogP contribution in [0.2, 0.25) is 0 Å². The molecule has 1 nitrogen and oxygen atoms in total. The van der Waals surface area contributed by atoms with Gasteiger partial charge in [-0.15, -0.1) is 11.6 Å². The van der Waals surface area contributed by atoms with Gasteiger partial charge in [-0.25, -0.2) is 0 Å². The minimum absolute atomic E-state index is 0.279. The summed E-state index contributed by atoms with van der Waals surface area (Å²) in [7, 11) is 0. The van der Waals surface area contributed by atoms with Crippen LogP contribution in [0.4, 0.5) is 0 Å². The molecule has 2 heteroatoms. The second-order valence-corrected chi connectivity index (χ2v) is 3.88. The summed E-state index contributed by atoms with van der Waals surface area (Å²) in [6.45, 7) is 3.85. The van der Waals surface area contributed by atoms with Crippen LogP contribution in [0.1, 0.15) is 20.3 Å². The first-order valence-corrected chi connectivity index (χ1v) is 3.65. The topological polar surface area (TPSA) is 20.2 Å². The first-order chi connectivity index (χ1) is 4.49. The highest BCUT2D eigenvalue weighted by molar-refractivity contribution is 6.25. The molecule has 1 N–H and O–H groups in total. The van der Waals surface area contributed by atoms with Crippen LogP contribution in [0, 0.1) is 0 Å². The zero-order chi connectivity index (χ0) is 7.78. The van der Waals surface area contributed by atoms with Crippen molar-refractivity contribution in [2.45, 2.75) is 25.1 Å². The van der Waals surface area contributed by atoms with Gasteiger partial charge in [0, 0.05) is 0 Å². The predicted molar refractivity (Wildman–Crippen MR) is 43.3 cm³/mol. The Bertz CT molecular complexity index is 201. The lowest BCUT2D eigenvalue weighted by Crippen LogP contribution is -2.16. The molecule has 0 aromatic heterocycles. The summed E-state index contributed by atoms with van der Waals surface area (Å²) in [5, 5.41) is 9.12. The van der Waals surface area contributed by atoms with Crippen molar-refractivity contribution in [3.63, 3.8) is 0 Å². The maximum atomic E-state index is 9.12. The highest BCUT2D eigenvalue weighted by Gasteiger charge is 2.22. The monoisotopic (exact) mass is 158 g/mol. The molecule has 0 bridgehead atoms. The SMILES string of the molecule is CC1=CC(O)=CC(C)(Cl)C1. The van der Waals surface area contributed by atoms with Gasteiger partial charge in [-0.1, -0.05) is 5.57 Å². The van der Waals surface area contributed by atoms with E-state index in [1.165, 1.54) is 0 Å². The van der Waals surface area contributed by atoms with E-state index < -0.39 is 0 Å². The molecule has 0 heterocycles. The Labute approximate surface area is 66.0 Å². The molecule has 56 valence electrons. The van der Waals surface area contributed by atoms with Crippen LogP contribution in [0.5, 0.6) is 0 Å². The summed E-state index contributed by atoms with van der Waals surface area (Å²) in [4.78, 5) is -0.386. The van der Waals surface area contributed by atoms with E-state index in [1.807, 2.05) is 13.8 Å². The zero-order valence-corrected chi connectivity index (χ0v) is 6.94. The van der Waals surface area contributed by atoms with Crippen molar-refractivity contribution in [2.75, 3.05) is 0 Å². The van der Waals surface area contributed by atoms with Crippen molar-refractivity contribution in [3.05, 3.63) is 23.5 Å². The van der Waals surface area contributed by atoms with Crippen LogP contribution in [0.3, 0.4) is 0 Å². The van der Waals surface area contributed by atoms with Gasteiger partial charge in [-0.2, -0.15) is 0 Å². The van der Waals surface area contributed by atoms with Crippen LogP contribution >= 0.6 is 11.6 Å². The number of allylic oxidation sites excluding steroid dienone is 3. The van der Waals surface area contributed by atoms with Gasteiger partial charge in [0.2, 0.25) is 0 Å². The standard InChI is InChI=1S/C8H11ClO/c1-6-3-7(10)5-8(2,9)4-6/h3,5,10H,4H2,1-2H3. The number of alkyl halides is 1. The van der Waals surface area contributed by atoms with E-state index in [1.54, 1.807) is 12.2 Å². The molecule has 0 saturated carbocycles. The van der Waals surface area contributed by atoms with Crippen LogP contribution in [0.25, 0.3) is 0 Å². The van der Waals surface area contributed by atoms with Crippen molar-refractivity contribution in [2.24, 2.45) is 0 Å². The lowest BCUT2D eigenvalue weighted by Gasteiger charge is -2.21. The molecule has 0 spiro atoms. The Kier molecular flexibility index (Phi) is 1.78. The minimum Gasteiger partial charge on any atom is -0.508 e. The van der Waals surface area contributed by atoms with Gasteiger partial charge in [-0.05, 0) is 32.4 Å². The van der Waals surface area contributed by atoms with Crippen LogP contribution in [-0.2, 0) is 0 Å². The molecule has 0 aromatic rings. The molecule has 0 fully saturated rings. The summed E-state index contributed by atoms with van der Waals surface area (Å²) >= 11 is 5.98. The van der Waals surface area contributed by atoms with E-state index in [0.717, 1.165) is 12.0 Å². The van der Waals surface area contributed by atoms with Crippen molar-refractivity contribution < 1.29 is 5.11 Å². The third-order valence-electron chi connectivity index (χ3n) is 1.47. The molecule has 0 aliphatic heterocycles. The normalized spacial score (nSPS) is 33.1. The van der Waals surface area contributed by atoms with Crippen molar-refractivity contribution >= 4 is 11.6 Å². The van der Waals surface area contributed by atoms with Crippen molar-refractivity contribution in [1.29, 1.82) is 0 Å². The largest absolute Gasteiger partial charge is 0.508 e. The summed E-state index contributed by atoms with van der Waals surface area (Å²) in [5.74, 6) is 0.279. The van der Waals surface area contributed by atoms with E-state index in [9.17, 15) is 0 Å². The summed E-state index contributed by atoms with van der Waals surface area (Å²) < 4.78 is 0. The fourth-order valence-corrected chi connectivity index (χ4v) is 1.57. The van der Waals surface area contributed by atoms with Gasteiger partial charge < -0.3 is 5.11 Å². The molecule has 1 atom stereocenters. The highest BCUT2D eigenvalue weighted by Crippen LogP contribution is 2.30. The van der Waals surface area contributed by atoms with E-state index in [0.29, 0.717) is 0 Å². The molecule has 1 rings (SSSR count). The smallest absolute Gasteiger partial charge is 0.113 e. The lowest BCUT2D eigenvalue weighted by atomic mass is 9.95. The highest BCUT2D eigenvalue weighted by atomic mass is 35.5. The first-order valence-electron chi connectivity index (χ1n) is 3.27.